The summed E-state index contributed by atoms with van der Waals surface area (Å²) in [6.45, 7) is 0.852. The summed E-state index contributed by atoms with van der Waals surface area (Å²) in [6.07, 6.45) is 3.05. The molecular weight excluding hydrogens is 251 g/mol. The highest BCUT2D eigenvalue weighted by atomic mass is 35.5. The monoisotopic (exact) mass is 260 g/mol. The molecule has 1 amide bonds. The number of nitrogens with zero attached hydrogens (tertiary/aromatic N) is 2. The molecule has 0 radical (unpaired) electrons. The molecule has 0 spiro atoms. The lowest BCUT2D eigenvalue weighted by Crippen LogP contribution is -2.35. The van der Waals surface area contributed by atoms with E-state index >= 15 is 0 Å². The second kappa shape index (κ2) is 4.95. The summed E-state index contributed by atoms with van der Waals surface area (Å²) in [4.78, 5) is 19.3. The number of anilines is 1. The van der Waals surface area contributed by atoms with Crippen molar-refractivity contribution in [1.29, 1.82) is 0 Å². The third-order valence-corrected chi connectivity index (χ3v) is 2.95. The highest BCUT2D eigenvalue weighted by Gasteiger charge is 2.23. The Labute approximate surface area is 103 Å². The average Bonchev–Trinajstić information content (AvgIpc) is 2.76. The van der Waals surface area contributed by atoms with Crippen LogP contribution in [0, 0.1) is 0 Å². The molecule has 86 valence electrons. The number of hydrogen-bond donors (Lipinski definition) is 2. The van der Waals surface area contributed by atoms with E-state index in [2.05, 4.69) is 20.6 Å². The molecule has 0 aliphatic carbocycles. The van der Waals surface area contributed by atoms with Crippen LogP contribution < -0.4 is 10.6 Å². The summed E-state index contributed by atoms with van der Waals surface area (Å²) in [5, 5.41) is 6.00. The Morgan fingerprint density at radius 1 is 1.44 bits per heavy atom. The fraction of sp³-hybridized carbons (Fsp3) is 0.444. The van der Waals surface area contributed by atoms with Gasteiger partial charge in [-0.05, 0) is 19.4 Å². The van der Waals surface area contributed by atoms with Crippen LogP contribution in [0.2, 0.25) is 10.3 Å². The van der Waals surface area contributed by atoms with E-state index in [0.717, 1.165) is 19.4 Å². The summed E-state index contributed by atoms with van der Waals surface area (Å²) in [6, 6.07) is -0.188. The zero-order chi connectivity index (χ0) is 11.5. The van der Waals surface area contributed by atoms with E-state index in [1.807, 2.05) is 0 Å². The van der Waals surface area contributed by atoms with Crippen molar-refractivity contribution in [1.82, 2.24) is 15.3 Å². The number of halogens is 2. The van der Waals surface area contributed by atoms with Gasteiger partial charge in [0.2, 0.25) is 5.91 Å². The van der Waals surface area contributed by atoms with Gasteiger partial charge in [-0.15, -0.1) is 0 Å². The molecule has 1 atom stereocenters. The molecule has 0 bridgehead atoms. The second-order valence-electron chi connectivity index (χ2n) is 3.47. The van der Waals surface area contributed by atoms with Crippen molar-refractivity contribution < 1.29 is 4.79 Å². The largest absolute Gasteiger partial charge is 0.320 e. The first-order chi connectivity index (χ1) is 7.68. The maximum absolute atomic E-state index is 11.8. The molecule has 1 aliphatic heterocycles. The maximum Gasteiger partial charge on any atom is 0.241 e. The predicted octanol–water partition coefficient (Wildman–Crippen LogP) is 1.47. The number of nitrogens with one attached hydrogen (secondary N) is 2. The Bertz CT molecular complexity index is 386. The maximum atomic E-state index is 11.8. The smallest absolute Gasteiger partial charge is 0.241 e. The van der Waals surface area contributed by atoms with Crippen molar-refractivity contribution in [3.05, 3.63) is 16.6 Å². The quantitative estimate of drug-likeness (QED) is 0.791. The minimum atomic E-state index is -0.188. The van der Waals surface area contributed by atoms with Crippen LogP contribution in [0.5, 0.6) is 0 Å². The van der Waals surface area contributed by atoms with Crippen LogP contribution in [-0.2, 0) is 4.79 Å². The molecule has 2 heterocycles. The lowest BCUT2D eigenvalue weighted by molar-refractivity contribution is -0.117. The first-order valence-corrected chi connectivity index (χ1v) is 5.64. The average molecular weight is 261 g/mol. The van der Waals surface area contributed by atoms with Crippen molar-refractivity contribution >= 4 is 34.8 Å². The van der Waals surface area contributed by atoms with Crippen LogP contribution in [0.1, 0.15) is 12.8 Å². The lowest BCUT2D eigenvalue weighted by Gasteiger charge is -2.12. The number of aromatic nitrogens is 2. The predicted molar refractivity (Wildman–Crippen MR) is 61.7 cm³/mol. The fourth-order valence-electron chi connectivity index (χ4n) is 1.57. The van der Waals surface area contributed by atoms with E-state index in [9.17, 15) is 4.79 Å². The van der Waals surface area contributed by atoms with Crippen molar-refractivity contribution in [2.24, 2.45) is 0 Å². The molecule has 0 aromatic carbocycles. The van der Waals surface area contributed by atoms with Crippen LogP contribution in [0.15, 0.2) is 6.33 Å². The van der Waals surface area contributed by atoms with Gasteiger partial charge in [0, 0.05) is 0 Å². The van der Waals surface area contributed by atoms with E-state index in [0.29, 0.717) is 0 Å². The van der Waals surface area contributed by atoms with Crippen LogP contribution in [0.3, 0.4) is 0 Å². The molecular formula is C9H10Cl2N4O. The van der Waals surface area contributed by atoms with Crippen molar-refractivity contribution in [2.75, 3.05) is 11.9 Å². The van der Waals surface area contributed by atoms with Gasteiger partial charge in [-0.25, -0.2) is 9.97 Å². The first-order valence-electron chi connectivity index (χ1n) is 4.88. The van der Waals surface area contributed by atoms with Gasteiger partial charge in [-0.3, -0.25) is 4.79 Å². The SMILES string of the molecule is O=C(Nc1c(Cl)ncnc1Cl)C1CCCN1. The summed E-state index contributed by atoms with van der Waals surface area (Å²) in [7, 11) is 0. The van der Waals surface area contributed by atoms with E-state index in [-0.39, 0.29) is 27.9 Å². The third kappa shape index (κ3) is 2.42. The topological polar surface area (TPSA) is 66.9 Å². The van der Waals surface area contributed by atoms with E-state index in [1.165, 1.54) is 6.33 Å². The van der Waals surface area contributed by atoms with Crippen LogP contribution in [-0.4, -0.2) is 28.5 Å². The number of amides is 1. The minimum Gasteiger partial charge on any atom is -0.320 e. The highest BCUT2D eigenvalue weighted by molar-refractivity contribution is 6.38. The zero-order valence-electron chi connectivity index (χ0n) is 8.33. The van der Waals surface area contributed by atoms with Gasteiger partial charge in [0.25, 0.3) is 0 Å². The Kier molecular flexibility index (Phi) is 3.58. The molecule has 5 nitrogen and oxygen atoms in total. The van der Waals surface area contributed by atoms with Gasteiger partial charge in [-0.2, -0.15) is 0 Å². The minimum absolute atomic E-state index is 0.145. The fourth-order valence-corrected chi connectivity index (χ4v) is 1.98. The van der Waals surface area contributed by atoms with Gasteiger partial charge in [0.1, 0.15) is 12.0 Å². The standard InChI is InChI=1S/C9H10Cl2N4O/c10-7-6(8(11)14-4-13-7)15-9(16)5-2-1-3-12-5/h4-5,12H,1-3H2,(H,15,16). The molecule has 0 saturated carbocycles. The molecule has 16 heavy (non-hydrogen) atoms. The molecule has 1 saturated heterocycles. The summed E-state index contributed by atoms with van der Waals surface area (Å²) in [5.74, 6) is -0.156. The normalized spacial score (nSPS) is 19.8. The highest BCUT2D eigenvalue weighted by Crippen LogP contribution is 2.26. The number of rotatable bonds is 2. The zero-order valence-corrected chi connectivity index (χ0v) is 9.85. The van der Waals surface area contributed by atoms with Crippen molar-refractivity contribution in [2.45, 2.75) is 18.9 Å². The Balaban J connectivity index is 2.11. The Morgan fingerprint density at radius 3 is 2.69 bits per heavy atom. The van der Waals surface area contributed by atoms with E-state index < -0.39 is 0 Å². The van der Waals surface area contributed by atoms with Crippen LogP contribution in [0.4, 0.5) is 5.69 Å². The molecule has 1 fully saturated rings. The van der Waals surface area contributed by atoms with Crippen molar-refractivity contribution in [3.63, 3.8) is 0 Å². The van der Waals surface area contributed by atoms with Gasteiger partial charge >= 0.3 is 0 Å². The van der Waals surface area contributed by atoms with Crippen LogP contribution >= 0.6 is 23.2 Å². The Morgan fingerprint density at radius 2 is 2.12 bits per heavy atom. The Hall–Kier alpha value is -0.910. The lowest BCUT2D eigenvalue weighted by atomic mass is 10.2. The molecule has 1 unspecified atom stereocenters. The van der Waals surface area contributed by atoms with Crippen LogP contribution in [0.25, 0.3) is 0 Å². The molecule has 2 rings (SSSR count). The summed E-state index contributed by atoms with van der Waals surface area (Å²) in [5.41, 5.74) is 0.268. The van der Waals surface area contributed by atoms with E-state index in [4.69, 9.17) is 23.2 Å². The molecule has 1 aromatic heterocycles. The number of carbonyl (C=O) groups excluding carboxylic acids is 1. The summed E-state index contributed by atoms with van der Waals surface area (Å²) >= 11 is 11.6. The van der Waals surface area contributed by atoms with Gasteiger partial charge < -0.3 is 10.6 Å². The summed E-state index contributed by atoms with van der Waals surface area (Å²) < 4.78 is 0. The van der Waals surface area contributed by atoms with E-state index in [1.54, 1.807) is 0 Å². The number of carbonyl (C=O) groups is 1. The third-order valence-electron chi connectivity index (χ3n) is 2.38. The van der Waals surface area contributed by atoms with Gasteiger partial charge in [0.15, 0.2) is 10.3 Å². The second-order valence-corrected chi connectivity index (χ2v) is 4.18. The number of hydrogen-bond acceptors (Lipinski definition) is 4. The molecule has 1 aromatic rings. The molecule has 1 aliphatic rings. The van der Waals surface area contributed by atoms with Gasteiger partial charge in [0.05, 0.1) is 6.04 Å². The van der Waals surface area contributed by atoms with Gasteiger partial charge in [-0.1, -0.05) is 23.2 Å². The molecule has 7 heteroatoms. The van der Waals surface area contributed by atoms with Crippen molar-refractivity contribution in [3.8, 4) is 0 Å². The molecule has 2 N–H and O–H groups in total. The first kappa shape index (κ1) is 11.6.